The van der Waals surface area contributed by atoms with Gasteiger partial charge >= 0.3 is 12.1 Å². The van der Waals surface area contributed by atoms with E-state index in [0.717, 1.165) is 0 Å². The zero-order valence-electron chi connectivity index (χ0n) is 15.6. The van der Waals surface area contributed by atoms with Crippen molar-refractivity contribution in [3.63, 3.8) is 0 Å². The van der Waals surface area contributed by atoms with Gasteiger partial charge in [-0.15, -0.1) is 0 Å². The number of benzene rings is 1. The lowest BCUT2D eigenvalue weighted by Crippen LogP contribution is -2.50. The van der Waals surface area contributed by atoms with Crippen molar-refractivity contribution in [2.75, 3.05) is 14.2 Å². The lowest BCUT2D eigenvalue weighted by Gasteiger charge is -2.36. The van der Waals surface area contributed by atoms with Gasteiger partial charge in [0, 0.05) is 24.9 Å². The zero-order chi connectivity index (χ0) is 19.5. The Morgan fingerprint density at radius 2 is 1.85 bits per heavy atom. The number of carbonyl (C=O) groups is 2. The normalized spacial score (nSPS) is 19.2. The molecule has 1 aliphatic carbocycles. The van der Waals surface area contributed by atoms with Gasteiger partial charge in [0.25, 0.3) is 0 Å². The molecule has 0 unspecified atom stereocenters. The largest absolute Gasteiger partial charge is 0.495 e. The molecule has 1 saturated carbocycles. The Morgan fingerprint density at radius 1 is 1.19 bits per heavy atom. The standard InChI is InChI=1S/C18H24BrNO6/c1-18(2,3)26-17(22)20-10-6-11(7-10)25-12-8-13(16(21)24-5)15(19)14(9-12)23-4/h8-11H,6-7H2,1-5H3,(H,20,22). The van der Waals surface area contributed by atoms with Crippen LogP contribution < -0.4 is 14.8 Å². The van der Waals surface area contributed by atoms with Gasteiger partial charge in [0.05, 0.1) is 24.3 Å². The molecule has 1 fully saturated rings. The molecule has 0 atom stereocenters. The summed E-state index contributed by atoms with van der Waals surface area (Å²) in [6, 6.07) is 3.31. The van der Waals surface area contributed by atoms with E-state index in [1.54, 1.807) is 12.1 Å². The number of carbonyl (C=O) groups excluding carboxylic acids is 2. The van der Waals surface area contributed by atoms with Gasteiger partial charge in [-0.3, -0.25) is 0 Å². The van der Waals surface area contributed by atoms with Gasteiger partial charge in [-0.1, -0.05) is 0 Å². The van der Waals surface area contributed by atoms with Crippen molar-refractivity contribution in [3.05, 3.63) is 22.2 Å². The highest BCUT2D eigenvalue weighted by Crippen LogP contribution is 2.36. The Hall–Kier alpha value is -1.96. The molecule has 0 radical (unpaired) electrons. The van der Waals surface area contributed by atoms with Gasteiger partial charge in [-0.2, -0.15) is 0 Å². The fraction of sp³-hybridized carbons (Fsp3) is 0.556. The van der Waals surface area contributed by atoms with Gasteiger partial charge in [0.1, 0.15) is 23.2 Å². The van der Waals surface area contributed by atoms with Crippen LogP contribution in [0.25, 0.3) is 0 Å². The van der Waals surface area contributed by atoms with E-state index in [4.69, 9.17) is 18.9 Å². The molecule has 1 amide bonds. The molecular formula is C18H24BrNO6. The van der Waals surface area contributed by atoms with E-state index in [2.05, 4.69) is 21.2 Å². The predicted molar refractivity (Wildman–Crippen MR) is 98.8 cm³/mol. The van der Waals surface area contributed by atoms with Gasteiger partial charge in [-0.25, -0.2) is 9.59 Å². The Kier molecular flexibility index (Phi) is 6.39. The summed E-state index contributed by atoms with van der Waals surface area (Å²) in [5.41, 5.74) is -0.202. The van der Waals surface area contributed by atoms with Gasteiger partial charge in [0.15, 0.2) is 0 Å². The first-order chi connectivity index (χ1) is 12.1. The minimum Gasteiger partial charge on any atom is -0.495 e. The van der Waals surface area contributed by atoms with Crippen LogP contribution in [0.15, 0.2) is 16.6 Å². The first-order valence-electron chi connectivity index (χ1n) is 8.25. The second-order valence-corrected chi connectivity index (χ2v) is 7.83. The molecule has 1 aliphatic rings. The van der Waals surface area contributed by atoms with Gasteiger partial charge in [0.2, 0.25) is 0 Å². The van der Waals surface area contributed by atoms with E-state index >= 15 is 0 Å². The molecule has 1 aromatic rings. The third-order valence-electron chi connectivity index (χ3n) is 3.76. The lowest BCUT2D eigenvalue weighted by molar-refractivity contribution is 0.0360. The third kappa shape index (κ3) is 5.27. The molecule has 2 rings (SSSR count). The highest BCUT2D eigenvalue weighted by Gasteiger charge is 2.33. The Balaban J connectivity index is 1.95. The van der Waals surface area contributed by atoms with Gasteiger partial charge < -0.3 is 24.3 Å². The van der Waals surface area contributed by atoms with Crippen LogP contribution in [0.5, 0.6) is 11.5 Å². The van der Waals surface area contributed by atoms with Gasteiger partial charge in [-0.05, 0) is 42.8 Å². The number of rotatable bonds is 5. The van der Waals surface area contributed by atoms with Crippen molar-refractivity contribution in [1.29, 1.82) is 0 Å². The molecule has 1 N–H and O–H groups in total. The number of halogens is 1. The topological polar surface area (TPSA) is 83.1 Å². The first-order valence-corrected chi connectivity index (χ1v) is 9.04. The maximum absolute atomic E-state index is 11.9. The monoisotopic (exact) mass is 429 g/mol. The summed E-state index contributed by atoms with van der Waals surface area (Å²) in [7, 11) is 2.82. The Labute approximate surface area is 161 Å². The number of esters is 1. The maximum atomic E-state index is 11.9. The number of amides is 1. The minimum atomic E-state index is -0.526. The fourth-order valence-corrected chi connectivity index (χ4v) is 3.05. The molecule has 8 heteroatoms. The molecule has 7 nitrogen and oxygen atoms in total. The Morgan fingerprint density at radius 3 is 2.38 bits per heavy atom. The van der Waals surface area contributed by atoms with E-state index in [1.165, 1.54) is 14.2 Å². The van der Waals surface area contributed by atoms with Crippen molar-refractivity contribution < 1.29 is 28.5 Å². The summed E-state index contributed by atoms with van der Waals surface area (Å²) in [6.45, 7) is 5.46. The van der Waals surface area contributed by atoms with Crippen LogP contribution in [0.4, 0.5) is 4.79 Å². The Bertz CT molecular complexity index is 679. The van der Waals surface area contributed by atoms with Crippen molar-refractivity contribution >= 4 is 28.0 Å². The van der Waals surface area contributed by atoms with Crippen LogP contribution in [0.3, 0.4) is 0 Å². The van der Waals surface area contributed by atoms with E-state index in [0.29, 0.717) is 34.4 Å². The van der Waals surface area contributed by atoms with E-state index < -0.39 is 17.7 Å². The predicted octanol–water partition coefficient (Wildman–Crippen LogP) is 3.68. The van der Waals surface area contributed by atoms with Crippen LogP contribution >= 0.6 is 15.9 Å². The van der Waals surface area contributed by atoms with Crippen molar-refractivity contribution in [3.8, 4) is 11.5 Å². The number of nitrogens with one attached hydrogen (secondary N) is 1. The van der Waals surface area contributed by atoms with Crippen LogP contribution in [0, 0.1) is 0 Å². The minimum absolute atomic E-state index is 0.00673. The summed E-state index contributed by atoms with van der Waals surface area (Å²) in [4.78, 5) is 23.6. The van der Waals surface area contributed by atoms with Crippen LogP contribution in [-0.4, -0.2) is 44.0 Å². The molecule has 0 spiro atoms. The number of alkyl carbamates (subject to hydrolysis) is 1. The number of hydrogen-bond acceptors (Lipinski definition) is 6. The molecule has 144 valence electrons. The summed E-state index contributed by atoms with van der Waals surface area (Å²) in [6.07, 6.45) is 0.821. The van der Waals surface area contributed by atoms with Crippen molar-refractivity contribution in [2.45, 2.75) is 51.4 Å². The van der Waals surface area contributed by atoms with E-state index in [9.17, 15) is 9.59 Å². The fourth-order valence-electron chi connectivity index (χ4n) is 2.49. The maximum Gasteiger partial charge on any atom is 0.407 e. The summed E-state index contributed by atoms with van der Waals surface area (Å²) >= 11 is 3.33. The number of methoxy groups -OCH3 is 2. The molecule has 26 heavy (non-hydrogen) atoms. The van der Waals surface area contributed by atoms with Crippen LogP contribution in [-0.2, 0) is 9.47 Å². The van der Waals surface area contributed by atoms with Crippen molar-refractivity contribution in [2.24, 2.45) is 0 Å². The molecule has 1 aromatic carbocycles. The van der Waals surface area contributed by atoms with E-state index in [-0.39, 0.29) is 12.1 Å². The average Bonchev–Trinajstić information content (AvgIpc) is 2.51. The summed E-state index contributed by atoms with van der Waals surface area (Å²) in [5, 5.41) is 2.81. The molecule has 0 saturated heterocycles. The first kappa shape index (κ1) is 20.4. The van der Waals surface area contributed by atoms with Crippen LogP contribution in [0.1, 0.15) is 44.0 Å². The quantitative estimate of drug-likeness (QED) is 0.718. The lowest BCUT2D eigenvalue weighted by atomic mass is 9.89. The SMILES string of the molecule is COC(=O)c1cc(OC2CC(NC(=O)OC(C)(C)C)C2)cc(OC)c1Br. The van der Waals surface area contributed by atoms with E-state index in [1.807, 2.05) is 20.8 Å². The highest BCUT2D eigenvalue weighted by atomic mass is 79.9. The smallest absolute Gasteiger partial charge is 0.407 e. The average molecular weight is 430 g/mol. The third-order valence-corrected chi connectivity index (χ3v) is 4.57. The summed E-state index contributed by atoms with van der Waals surface area (Å²) in [5.74, 6) is 0.496. The van der Waals surface area contributed by atoms with Crippen LogP contribution in [0.2, 0.25) is 0 Å². The van der Waals surface area contributed by atoms with Crippen molar-refractivity contribution in [1.82, 2.24) is 5.32 Å². The molecule has 0 aliphatic heterocycles. The molecule has 0 heterocycles. The molecular weight excluding hydrogens is 406 g/mol. The molecule has 0 bridgehead atoms. The highest BCUT2D eigenvalue weighted by molar-refractivity contribution is 9.10. The second-order valence-electron chi connectivity index (χ2n) is 7.03. The number of hydrogen-bond donors (Lipinski definition) is 1. The second kappa shape index (κ2) is 8.16. The summed E-state index contributed by atoms with van der Waals surface area (Å²) < 4.78 is 21.7. The molecule has 0 aromatic heterocycles. The zero-order valence-corrected chi connectivity index (χ0v) is 17.1. The number of ether oxygens (including phenoxy) is 4.